The highest BCUT2D eigenvalue weighted by molar-refractivity contribution is 6.30. The van der Waals surface area contributed by atoms with Crippen molar-refractivity contribution in [3.05, 3.63) is 58.9 Å². The minimum atomic E-state index is -0.282. The van der Waals surface area contributed by atoms with Crippen LogP contribution in [-0.4, -0.2) is 25.0 Å². The Morgan fingerprint density at radius 2 is 2.00 bits per heavy atom. The van der Waals surface area contributed by atoms with E-state index in [4.69, 9.17) is 11.6 Å². The Kier molecular flexibility index (Phi) is 4.26. The van der Waals surface area contributed by atoms with Gasteiger partial charge in [-0.25, -0.2) is 4.39 Å². The molecule has 2 fully saturated rings. The summed E-state index contributed by atoms with van der Waals surface area (Å²) in [6.45, 7) is 1.70. The molecule has 0 bridgehead atoms. The first-order valence-electron chi connectivity index (χ1n) is 8.62. The van der Waals surface area contributed by atoms with Crippen LogP contribution in [0.1, 0.15) is 18.4 Å². The molecular weight excluding hydrogens is 339 g/mol. The Hall–Kier alpha value is -1.91. The Labute approximate surface area is 151 Å². The van der Waals surface area contributed by atoms with Crippen molar-refractivity contribution in [1.82, 2.24) is 10.6 Å². The lowest BCUT2D eigenvalue weighted by atomic mass is 9.83. The molecule has 4 rings (SSSR count). The molecule has 2 aromatic carbocycles. The third kappa shape index (κ3) is 3.16. The summed E-state index contributed by atoms with van der Waals surface area (Å²) in [6, 6.07) is 12.6. The van der Waals surface area contributed by atoms with Crippen molar-refractivity contribution < 1.29 is 9.18 Å². The Bertz CT molecular complexity index is 800. The topological polar surface area (TPSA) is 41.1 Å². The van der Waals surface area contributed by atoms with Crippen LogP contribution in [0.15, 0.2) is 42.5 Å². The van der Waals surface area contributed by atoms with E-state index in [1.165, 1.54) is 6.07 Å². The normalized spacial score (nSPS) is 25.5. The molecule has 3 nitrogen and oxygen atoms in total. The molecule has 2 atom stereocenters. The molecule has 25 heavy (non-hydrogen) atoms. The van der Waals surface area contributed by atoms with Crippen molar-refractivity contribution in [2.45, 2.75) is 25.3 Å². The van der Waals surface area contributed by atoms with Crippen molar-refractivity contribution in [3.8, 4) is 11.1 Å². The summed E-state index contributed by atoms with van der Waals surface area (Å²) in [7, 11) is 0. The van der Waals surface area contributed by atoms with Crippen LogP contribution in [0, 0.1) is 11.2 Å². The molecule has 1 unspecified atom stereocenters. The van der Waals surface area contributed by atoms with E-state index >= 15 is 0 Å². The molecule has 5 heteroatoms. The summed E-state index contributed by atoms with van der Waals surface area (Å²) in [5, 5.41) is 6.96. The monoisotopic (exact) mass is 358 g/mol. The smallest absolute Gasteiger partial charge is 0.227 e. The van der Waals surface area contributed by atoms with E-state index in [1.807, 2.05) is 24.3 Å². The summed E-state index contributed by atoms with van der Waals surface area (Å²) in [5.41, 5.74) is 2.23. The summed E-state index contributed by atoms with van der Waals surface area (Å²) >= 11 is 5.97. The molecule has 0 radical (unpaired) electrons. The summed E-state index contributed by atoms with van der Waals surface area (Å²) in [6.07, 6.45) is 2.59. The largest absolute Gasteiger partial charge is 0.352 e. The molecule has 2 aliphatic heterocycles. The molecule has 2 heterocycles. The van der Waals surface area contributed by atoms with Gasteiger partial charge >= 0.3 is 0 Å². The van der Waals surface area contributed by atoms with E-state index in [2.05, 4.69) is 10.6 Å². The molecule has 2 N–H and O–H groups in total. The molecular formula is C20H20ClFN2O. The number of carbonyl (C=O) groups is 1. The van der Waals surface area contributed by atoms with Gasteiger partial charge in [0.1, 0.15) is 5.82 Å². The molecule has 1 spiro atoms. The maximum Gasteiger partial charge on any atom is 0.227 e. The van der Waals surface area contributed by atoms with Gasteiger partial charge in [-0.3, -0.25) is 4.79 Å². The molecule has 0 aromatic heterocycles. The van der Waals surface area contributed by atoms with Crippen LogP contribution >= 0.6 is 11.6 Å². The number of halogens is 2. The summed E-state index contributed by atoms with van der Waals surface area (Å²) in [5.74, 6) is -0.101. The molecule has 130 valence electrons. The third-order valence-corrected chi connectivity index (χ3v) is 5.61. The molecule has 1 amide bonds. The lowest BCUT2D eigenvalue weighted by Crippen LogP contribution is -2.33. The van der Waals surface area contributed by atoms with Gasteiger partial charge in [0.25, 0.3) is 0 Å². The molecule has 0 aliphatic carbocycles. The Morgan fingerprint density at radius 3 is 2.72 bits per heavy atom. The maximum absolute atomic E-state index is 14.0. The first-order valence-corrected chi connectivity index (χ1v) is 9.00. The van der Waals surface area contributed by atoms with Crippen LogP contribution in [0.25, 0.3) is 11.1 Å². The SMILES string of the molecule is O=C1N[C@H](Cc2ccc(-c3cc(Cl)ccc3F)cc2)CC12CCNC2. The number of hydrogen-bond acceptors (Lipinski definition) is 2. The number of nitrogens with one attached hydrogen (secondary N) is 2. The van der Waals surface area contributed by atoms with Gasteiger partial charge in [0.2, 0.25) is 5.91 Å². The highest BCUT2D eigenvalue weighted by Gasteiger charge is 2.48. The van der Waals surface area contributed by atoms with Crippen molar-refractivity contribution in [2.24, 2.45) is 5.41 Å². The van der Waals surface area contributed by atoms with E-state index < -0.39 is 0 Å². The van der Waals surface area contributed by atoms with Crippen molar-refractivity contribution in [3.63, 3.8) is 0 Å². The molecule has 2 aromatic rings. The van der Waals surface area contributed by atoms with Gasteiger partial charge in [-0.05, 0) is 55.1 Å². The predicted molar refractivity (Wildman–Crippen MR) is 97.0 cm³/mol. The first kappa shape index (κ1) is 16.6. The van der Waals surface area contributed by atoms with Crippen molar-refractivity contribution in [2.75, 3.05) is 13.1 Å². The predicted octanol–water partition coefficient (Wildman–Crippen LogP) is 3.56. The van der Waals surface area contributed by atoms with Gasteiger partial charge in [0.15, 0.2) is 0 Å². The number of hydrogen-bond donors (Lipinski definition) is 2. The quantitative estimate of drug-likeness (QED) is 0.880. The third-order valence-electron chi connectivity index (χ3n) is 5.37. The zero-order valence-electron chi connectivity index (χ0n) is 13.8. The molecule has 2 saturated heterocycles. The lowest BCUT2D eigenvalue weighted by molar-refractivity contribution is -0.126. The van der Waals surface area contributed by atoms with E-state index in [9.17, 15) is 9.18 Å². The second kappa shape index (κ2) is 6.43. The van der Waals surface area contributed by atoms with Crippen LogP contribution in [0.2, 0.25) is 5.02 Å². The van der Waals surface area contributed by atoms with Gasteiger partial charge in [-0.15, -0.1) is 0 Å². The maximum atomic E-state index is 14.0. The Morgan fingerprint density at radius 1 is 1.20 bits per heavy atom. The zero-order chi connectivity index (χ0) is 17.4. The minimum absolute atomic E-state index is 0.168. The highest BCUT2D eigenvalue weighted by Crippen LogP contribution is 2.37. The van der Waals surface area contributed by atoms with Gasteiger partial charge in [0.05, 0.1) is 5.41 Å². The van der Waals surface area contributed by atoms with Gasteiger partial charge in [-0.2, -0.15) is 0 Å². The van der Waals surface area contributed by atoms with Crippen LogP contribution in [0.5, 0.6) is 0 Å². The minimum Gasteiger partial charge on any atom is -0.352 e. The highest BCUT2D eigenvalue weighted by atomic mass is 35.5. The van der Waals surface area contributed by atoms with E-state index in [1.54, 1.807) is 12.1 Å². The molecule has 0 saturated carbocycles. The van der Waals surface area contributed by atoms with E-state index in [-0.39, 0.29) is 23.2 Å². The number of benzene rings is 2. The average molecular weight is 359 g/mol. The summed E-state index contributed by atoms with van der Waals surface area (Å²) in [4.78, 5) is 12.3. The van der Waals surface area contributed by atoms with Crippen molar-refractivity contribution >= 4 is 17.5 Å². The van der Waals surface area contributed by atoms with Crippen LogP contribution < -0.4 is 10.6 Å². The van der Waals surface area contributed by atoms with Crippen molar-refractivity contribution in [1.29, 1.82) is 0 Å². The fourth-order valence-electron chi connectivity index (χ4n) is 4.01. The van der Waals surface area contributed by atoms with Gasteiger partial charge < -0.3 is 10.6 Å². The van der Waals surface area contributed by atoms with Gasteiger partial charge in [-0.1, -0.05) is 35.9 Å². The second-order valence-corrected chi connectivity index (χ2v) is 7.54. The van der Waals surface area contributed by atoms with Crippen LogP contribution in [0.4, 0.5) is 4.39 Å². The van der Waals surface area contributed by atoms with Crippen LogP contribution in [0.3, 0.4) is 0 Å². The average Bonchev–Trinajstić information content (AvgIpc) is 3.19. The lowest BCUT2D eigenvalue weighted by Gasteiger charge is -2.17. The zero-order valence-corrected chi connectivity index (χ0v) is 14.6. The van der Waals surface area contributed by atoms with Gasteiger partial charge in [0, 0.05) is 23.2 Å². The number of carbonyl (C=O) groups excluding carboxylic acids is 1. The number of rotatable bonds is 3. The fourth-order valence-corrected chi connectivity index (χ4v) is 4.18. The van der Waals surface area contributed by atoms with E-state index in [0.717, 1.165) is 43.5 Å². The first-order chi connectivity index (χ1) is 12.1. The molecule has 2 aliphatic rings. The Balaban J connectivity index is 1.48. The van der Waals surface area contributed by atoms with Crippen LogP contribution in [-0.2, 0) is 11.2 Å². The summed E-state index contributed by atoms with van der Waals surface area (Å²) < 4.78 is 14.0. The fraction of sp³-hybridized carbons (Fsp3) is 0.350. The second-order valence-electron chi connectivity index (χ2n) is 7.11. The standard InChI is InChI=1S/C20H20ClFN2O/c21-15-5-6-18(22)17(10-15)14-3-1-13(2-4-14)9-16-11-20(19(25)24-16)7-8-23-12-20/h1-6,10,16,23H,7-9,11-12H2,(H,24,25)/t16-,20?/m1/s1. The van der Waals surface area contributed by atoms with E-state index in [0.29, 0.717) is 10.6 Å². The number of amides is 1.